The third-order valence-corrected chi connectivity index (χ3v) is 7.64. The maximum Gasteiger partial charge on any atom is 0.242 e. The van der Waals surface area contributed by atoms with Crippen LogP contribution < -0.4 is 15.9 Å². The molecule has 0 fully saturated rings. The van der Waals surface area contributed by atoms with Crippen LogP contribution in [-0.4, -0.2) is 6.61 Å². The Morgan fingerprint density at radius 3 is 1.20 bits per heavy atom. The van der Waals surface area contributed by atoms with Crippen molar-refractivity contribution >= 4 is 23.4 Å². The molecule has 0 bridgehead atoms. The third-order valence-electron chi connectivity index (χ3n) is 4.05. The molecule has 0 heterocycles. The molecule has 3 rings (SSSR count). The fraction of sp³-hybridized carbons (Fsp3) is 0.217. The van der Waals surface area contributed by atoms with Crippen LogP contribution in [-0.2, 0) is 4.52 Å². The Bertz CT molecular complexity index is 680. The summed E-state index contributed by atoms with van der Waals surface area (Å²) in [5.74, 6) is 0. The molecule has 0 saturated heterocycles. The highest BCUT2D eigenvalue weighted by Crippen LogP contribution is 2.57. The molecule has 1 nitrogen and oxygen atoms in total. The van der Waals surface area contributed by atoms with Crippen LogP contribution in [0.5, 0.6) is 0 Å². The molecule has 3 aromatic rings. The summed E-state index contributed by atoms with van der Waals surface area (Å²) in [4.78, 5) is 0. The van der Waals surface area contributed by atoms with Gasteiger partial charge in [0.25, 0.3) is 0 Å². The topological polar surface area (TPSA) is 9.23 Å². The van der Waals surface area contributed by atoms with Gasteiger partial charge in [0.1, 0.15) is 15.9 Å². The van der Waals surface area contributed by atoms with Crippen molar-refractivity contribution in [3.8, 4) is 0 Å². The molecule has 0 amide bonds. The molecule has 0 aliphatic carbocycles. The molecule has 25 heavy (non-hydrogen) atoms. The molecular weight excluding hydrogens is 323 g/mol. The first-order chi connectivity index (χ1) is 12.0. The number of rotatable bonds is 5. The van der Waals surface area contributed by atoms with E-state index in [0.717, 1.165) is 0 Å². The van der Waals surface area contributed by atoms with Crippen molar-refractivity contribution in [1.82, 2.24) is 0 Å². The van der Waals surface area contributed by atoms with E-state index in [1.165, 1.54) is 15.9 Å². The van der Waals surface area contributed by atoms with Crippen LogP contribution >= 0.6 is 7.49 Å². The summed E-state index contributed by atoms with van der Waals surface area (Å²) >= 11 is 0. The van der Waals surface area contributed by atoms with Crippen LogP contribution in [0.2, 0.25) is 0 Å². The van der Waals surface area contributed by atoms with Crippen LogP contribution in [0.4, 0.5) is 0 Å². The fourth-order valence-electron chi connectivity index (χ4n) is 2.88. The first-order valence-electron chi connectivity index (χ1n) is 8.73. The lowest BCUT2D eigenvalue weighted by Gasteiger charge is -2.29. The molecule has 0 atom stereocenters. The van der Waals surface area contributed by atoms with E-state index < -0.39 is 7.49 Å². The quantitative estimate of drug-likeness (QED) is 0.592. The molecule has 0 aliphatic heterocycles. The summed E-state index contributed by atoms with van der Waals surface area (Å²) in [6.07, 6.45) is 0. The Labute approximate surface area is 152 Å². The van der Waals surface area contributed by atoms with Gasteiger partial charge in [0.2, 0.25) is 7.49 Å². The first kappa shape index (κ1) is 17.9. The predicted octanol–water partition coefficient (Wildman–Crippen LogP) is 4.96. The van der Waals surface area contributed by atoms with E-state index in [1.807, 2.05) is 0 Å². The Balaban J connectivity index is 2.24. The van der Waals surface area contributed by atoms with Crippen molar-refractivity contribution in [3.05, 3.63) is 91.0 Å². The molecule has 2 heteroatoms. The van der Waals surface area contributed by atoms with E-state index >= 15 is 0 Å². The Morgan fingerprint density at radius 1 is 0.600 bits per heavy atom. The summed E-state index contributed by atoms with van der Waals surface area (Å²) in [6, 6.07) is 32.1. The third kappa shape index (κ3) is 4.00. The summed E-state index contributed by atoms with van der Waals surface area (Å²) in [6.45, 7) is 7.38. The highest BCUT2D eigenvalue weighted by atomic mass is 31.2. The maximum atomic E-state index is 6.86. The molecule has 0 aliphatic rings. The zero-order valence-corrected chi connectivity index (χ0v) is 16.1. The molecular formula is C23H26OP+. The van der Waals surface area contributed by atoms with E-state index in [9.17, 15) is 0 Å². The lowest BCUT2D eigenvalue weighted by atomic mass is 9.99. The molecule has 128 valence electrons. The molecule has 0 saturated carbocycles. The van der Waals surface area contributed by atoms with Crippen molar-refractivity contribution < 1.29 is 4.52 Å². The van der Waals surface area contributed by atoms with Gasteiger partial charge in [0.15, 0.2) is 0 Å². The van der Waals surface area contributed by atoms with Gasteiger partial charge in [-0.25, -0.2) is 4.52 Å². The van der Waals surface area contributed by atoms with Crippen LogP contribution in [0.15, 0.2) is 91.0 Å². The van der Waals surface area contributed by atoms with E-state index in [1.54, 1.807) is 0 Å². The Kier molecular flexibility index (Phi) is 5.37. The van der Waals surface area contributed by atoms with Gasteiger partial charge < -0.3 is 0 Å². The van der Waals surface area contributed by atoms with Crippen molar-refractivity contribution in [3.63, 3.8) is 0 Å². The minimum atomic E-state index is -2.15. The average molecular weight is 349 g/mol. The van der Waals surface area contributed by atoms with Gasteiger partial charge in [-0.15, -0.1) is 0 Å². The fourth-order valence-corrected chi connectivity index (χ4v) is 6.57. The number of benzene rings is 3. The number of hydrogen-bond donors (Lipinski definition) is 0. The van der Waals surface area contributed by atoms with Crippen LogP contribution in [0, 0.1) is 5.41 Å². The summed E-state index contributed by atoms with van der Waals surface area (Å²) in [5.41, 5.74) is 0.101. The molecule has 0 unspecified atom stereocenters. The van der Waals surface area contributed by atoms with Crippen LogP contribution in [0.25, 0.3) is 0 Å². The van der Waals surface area contributed by atoms with Gasteiger partial charge in [0.05, 0.1) is 6.61 Å². The zero-order valence-electron chi connectivity index (χ0n) is 15.2. The second kappa shape index (κ2) is 7.52. The molecule has 0 radical (unpaired) electrons. The van der Waals surface area contributed by atoms with Gasteiger partial charge in [-0.1, -0.05) is 75.4 Å². The predicted molar refractivity (Wildman–Crippen MR) is 111 cm³/mol. The Hall–Kier alpha value is -1.95. The lowest BCUT2D eigenvalue weighted by Crippen LogP contribution is -2.34. The molecule has 0 aromatic heterocycles. The smallest absolute Gasteiger partial charge is 0.221 e. The standard InChI is InChI=1S/C23H26OP/c1-23(2,3)19-24-25(20-13-7-4-8-14-20,21-15-9-5-10-16-21)22-17-11-6-12-18-22/h4-18H,19H2,1-3H3/q+1. The summed E-state index contributed by atoms with van der Waals surface area (Å²) in [7, 11) is -2.15. The van der Waals surface area contributed by atoms with E-state index in [4.69, 9.17) is 4.52 Å². The SMILES string of the molecule is CC(C)(C)CO[P+](c1ccccc1)(c1ccccc1)c1ccccc1. The highest BCUT2D eigenvalue weighted by molar-refractivity contribution is 7.91. The van der Waals surface area contributed by atoms with Crippen LogP contribution in [0.3, 0.4) is 0 Å². The molecule has 0 N–H and O–H groups in total. The molecule has 3 aromatic carbocycles. The van der Waals surface area contributed by atoms with E-state index in [-0.39, 0.29) is 5.41 Å². The van der Waals surface area contributed by atoms with Gasteiger partial charge in [0, 0.05) is 0 Å². The highest BCUT2D eigenvalue weighted by Gasteiger charge is 2.48. The van der Waals surface area contributed by atoms with Crippen molar-refractivity contribution in [1.29, 1.82) is 0 Å². The summed E-state index contributed by atoms with van der Waals surface area (Å²) < 4.78 is 6.86. The van der Waals surface area contributed by atoms with Crippen molar-refractivity contribution in [2.24, 2.45) is 5.41 Å². The second-order valence-corrected chi connectivity index (χ2v) is 10.5. The van der Waals surface area contributed by atoms with Gasteiger partial charge >= 0.3 is 0 Å². The molecule has 0 spiro atoms. The first-order valence-corrected chi connectivity index (χ1v) is 10.4. The van der Waals surface area contributed by atoms with Gasteiger partial charge in [-0.05, 0) is 41.8 Å². The largest absolute Gasteiger partial charge is 0.242 e. The van der Waals surface area contributed by atoms with Crippen LogP contribution in [0.1, 0.15) is 20.8 Å². The minimum absolute atomic E-state index is 0.101. The average Bonchev–Trinajstić information content (AvgIpc) is 2.64. The number of hydrogen-bond acceptors (Lipinski definition) is 1. The maximum absolute atomic E-state index is 6.86. The van der Waals surface area contributed by atoms with Crippen molar-refractivity contribution in [2.45, 2.75) is 20.8 Å². The summed E-state index contributed by atoms with van der Waals surface area (Å²) in [5, 5.41) is 3.78. The van der Waals surface area contributed by atoms with Gasteiger partial charge in [-0.2, -0.15) is 0 Å². The normalized spacial score (nSPS) is 12.1. The Morgan fingerprint density at radius 2 is 0.920 bits per heavy atom. The van der Waals surface area contributed by atoms with Gasteiger partial charge in [-0.3, -0.25) is 0 Å². The van der Waals surface area contributed by atoms with Crippen molar-refractivity contribution in [2.75, 3.05) is 6.61 Å². The zero-order chi connectivity index (χ0) is 17.8. The second-order valence-electron chi connectivity index (χ2n) is 7.45. The van der Waals surface area contributed by atoms with E-state index in [2.05, 4.69) is 112 Å². The monoisotopic (exact) mass is 349 g/mol. The minimum Gasteiger partial charge on any atom is -0.221 e. The van der Waals surface area contributed by atoms with E-state index in [0.29, 0.717) is 6.61 Å². The lowest BCUT2D eigenvalue weighted by molar-refractivity contribution is 0.216.